The lowest BCUT2D eigenvalue weighted by Gasteiger charge is -2.06. The predicted octanol–water partition coefficient (Wildman–Crippen LogP) is 2.49. The van der Waals surface area contributed by atoms with Crippen molar-refractivity contribution in [3.8, 4) is 5.75 Å². The number of aliphatic carboxylic acids is 1. The van der Waals surface area contributed by atoms with Crippen LogP contribution in [0.5, 0.6) is 5.75 Å². The second kappa shape index (κ2) is 3.42. The molecule has 1 aromatic carbocycles. The van der Waals surface area contributed by atoms with Gasteiger partial charge < -0.3 is 10.2 Å². The molecule has 0 bridgehead atoms. The Morgan fingerprint density at radius 2 is 1.94 bits per heavy atom. The number of phenols is 1. The van der Waals surface area contributed by atoms with Crippen molar-refractivity contribution in [1.29, 1.82) is 0 Å². The molecule has 2 N–H and O–H groups in total. The number of phenolic OH excluding ortho intramolecular Hbond substituents is 1. The highest BCUT2D eigenvalue weighted by molar-refractivity contribution is 5.78. The fourth-order valence-electron chi connectivity index (χ4n) is 2.50. The maximum Gasteiger partial charge on any atom is 0.307 e. The van der Waals surface area contributed by atoms with Crippen LogP contribution in [-0.2, 0) is 4.79 Å². The number of carboxylic acid groups (broad SMARTS) is 1. The van der Waals surface area contributed by atoms with Crippen LogP contribution in [0.25, 0.3) is 0 Å². The van der Waals surface area contributed by atoms with Gasteiger partial charge in [0.1, 0.15) is 5.82 Å². The van der Waals surface area contributed by atoms with Crippen LogP contribution in [0.3, 0.4) is 0 Å². The van der Waals surface area contributed by atoms with Gasteiger partial charge in [-0.3, -0.25) is 4.79 Å². The fourth-order valence-corrected chi connectivity index (χ4v) is 2.50. The molecule has 5 heteroatoms. The van der Waals surface area contributed by atoms with E-state index in [2.05, 4.69) is 0 Å². The lowest BCUT2D eigenvalue weighted by Crippen LogP contribution is -2.03. The van der Waals surface area contributed by atoms with Crippen LogP contribution in [0, 0.1) is 23.0 Å². The van der Waals surface area contributed by atoms with Crippen LogP contribution in [-0.4, -0.2) is 16.2 Å². The van der Waals surface area contributed by atoms with Crippen LogP contribution in [0.2, 0.25) is 0 Å². The van der Waals surface area contributed by atoms with Gasteiger partial charge in [-0.15, -0.1) is 0 Å². The van der Waals surface area contributed by atoms with E-state index in [0.29, 0.717) is 6.07 Å². The van der Waals surface area contributed by atoms with E-state index in [1.54, 1.807) is 13.8 Å². The molecule has 0 saturated heterocycles. The zero-order valence-corrected chi connectivity index (χ0v) is 9.37. The van der Waals surface area contributed by atoms with Crippen molar-refractivity contribution >= 4 is 5.97 Å². The van der Waals surface area contributed by atoms with Gasteiger partial charge in [-0.1, -0.05) is 13.8 Å². The van der Waals surface area contributed by atoms with E-state index in [1.807, 2.05) is 0 Å². The normalized spacial score (nSPS) is 25.6. The number of carboxylic acids is 1. The van der Waals surface area contributed by atoms with Crippen molar-refractivity contribution in [3.05, 3.63) is 29.3 Å². The molecule has 2 rings (SSSR count). The molecule has 17 heavy (non-hydrogen) atoms. The molecular weight excluding hydrogens is 230 g/mol. The van der Waals surface area contributed by atoms with Gasteiger partial charge in [0.2, 0.25) is 0 Å². The number of benzene rings is 1. The van der Waals surface area contributed by atoms with Gasteiger partial charge in [-0.2, -0.15) is 0 Å². The van der Waals surface area contributed by atoms with Gasteiger partial charge in [-0.05, 0) is 11.5 Å². The molecule has 1 aromatic rings. The standard InChI is InChI=1S/C12H12F2O3/c1-12(2)8(9(12)11(16)17)6-3-5(13)4-7(14)10(6)15/h3-4,8-9,15H,1-2H3,(H,16,17). The van der Waals surface area contributed by atoms with Crippen LogP contribution in [0.4, 0.5) is 8.78 Å². The number of carbonyl (C=O) groups is 1. The number of hydrogen-bond acceptors (Lipinski definition) is 2. The van der Waals surface area contributed by atoms with E-state index in [-0.39, 0.29) is 5.56 Å². The summed E-state index contributed by atoms with van der Waals surface area (Å²) in [6.07, 6.45) is 0. The molecular formula is C12H12F2O3. The highest BCUT2D eigenvalue weighted by Gasteiger charge is 2.63. The molecule has 0 spiro atoms. The third-order valence-corrected chi connectivity index (χ3v) is 3.49. The minimum absolute atomic E-state index is 0.0277. The zero-order chi connectivity index (χ0) is 13.0. The van der Waals surface area contributed by atoms with E-state index in [1.165, 1.54) is 0 Å². The summed E-state index contributed by atoms with van der Waals surface area (Å²) < 4.78 is 26.2. The van der Waals surface area contributed by atoms with Gasteiger partial charge in [0.05, 0.1) is 5.92 Å². The van der Waals surface area contributed by atoms with Crippen molar-refractivity contribution in [3.63, 3.8) is 0 Å². The van der Waals surface area contributed by atoms with Crippen LogP contribution < -0.4 is 0 Å². The molecule has 0 radical (unpaired) electrons. The number of aromatic hydroxyl groups is 1. The Morgan fingerprint density at radius 3 is 2.41 bits per heavy atom. The Labute approximate surface area is 96.7 Å². The first-order chi connectivity index (χ1) is 7.76. The van der Waals surface area contributed by atoms with Gasteiger partial charge in [0, 0.05) is 17.5 Å². The number of halogens is 2. The third-order valence-electron chi connectivity index (χ3n) is 3.49. The Bertz CT molecular complexity index is 497. The molecule has 2 unspecified atom stereocenters. The van der Waals surface area contributed by atoms with Gasteiger partial charge in [-0.25, -0.2) is 8.78 Å². The SMILES string of the molecule is CC1(C)C(C(=O)O)C1c1cc(F)cc(F)c1O. The highest BCUT2D eigenvalue weighted by atomic mass is 19.1. The monoisotopic (exact) mass is 242 g/mol. The molecule has 0 aliphatic heterocycles. The minimum Gasteiger partial charge on any atom is -0.505 e. The number of hydrogen-bond donors (Lipinski definition) is 2. The summed E-state index contributed by atoms with van der Waals surface area (Å²) >= 11 is 0. The molecule has 3 nitrogen and oxygen atoms in total. The lowest BCUT2D eigenvalue weighted by molar-refractivity contribution is -0.139. The van der Waals surface area contributed by atoms with E-state index < -0.39 is 40.6 Å². The van der Waals surface area contributed by atoms with Crippen molar-refractivity contribution in [2.75, 3.05) is 0 Å². The average Bonchev–Trinajstić information content (AvgIpc) is 2.75. The highest BCUT2D eigenvalue weighted by Crippen LogP contribution is 2.65. The molecule has 0 aromatic heterocycles. The van der Waals surface area contributed by atoms with Gasteiger partial charge in [0.25, 0.3) is 0 Å². The molecule has 1 fully saturated rings. The Morgan fingerprint density at radius 1 is 1.35 bits per heavy atom. The Hall–Kier alpha value is -1.65. The maximum atomic E-state index is 13.2. The van der Waals surface area contributed by atoms with E-state index in [0.717, 1.165) is 6.07 Å². The number of rotatable bonds is 2. The molecule has 92 valence electrons. The fraction of sp³-hybridized carbons (Fsp3) is 0.417. The molecule has 1 aliphatic carbocycles. The van der Waals surface area contributed by atoms with E-state index >= 15 is 0 Å². The molecule has 1 saturated carbocycles. The largest absolute Gasteiger partial charge is 0.505 e. The van der Waals surface area contributed by atoms with E-state index in [9.17, 15) is 18.7 Å². The zero-order valence-electron chi connectivity index (χ0n) is 9.37. The first kappa shape index (κ1) is 11.8. The van der Waals surface area contributed by atoms with Crippen molar-refractivity contribution < 1.29 is 23.8 Å². The summed E-state index contributed by atoms with van der Waals surface area (Å²) in [6, 6.07) is 1.57. The first-order valence-corrected chi connectivity index (χ1v) is 5.17. The van der Waals surface area contributed by atoms with Crippen molar-refractivity contribution in [2.45, 2.75) is 19.8 Å². The third kappa shape index (κ3) is 1.66. The van der Waals surface area contributed by atoms with Crippen LogP contribution >= 0.6 is 0 Å². The lowest BCUT2D eigenvalue weighted by atomic mass is 10.0. The quantitative estimate of drug-likeness (QED) is 0.837. The smallest absolute Gasteiger partial charge is 0.307 e. The first-order valence-electron chi connectivity index (χ1n) is 5.17. The second-order valence-electron chi connectivity index (χ2n) is 4.94. The summed E-state index contributed by atoms with van der Waals surface area (Å²) in [4.78, 5) is 11.0. The Kier molecular flexibility index (Phi) is 2.38. The topological polar surface area (TPSA) is 57.5 Å². The molecule has 1 aliphatic rings. The van der Waals surface area contributed by atoms with Crippen molar-refractivity contribution in [1.82, 2.24) is 0 Å². The van der Waals surface area contributed by atoms with Gasteiger partial charge in [0.15, 0.2) is 11.6 Å². The van der Waals surface area contributed by atoms with Gasteiger partial charge >= 0.3 is 5.97 Å². The second-order valence-corrected chi connectivity index (χ2v) is 4.94. The summed E-state index contributed by atoms with van der Waals surface area (Å²) in [5, 5.41) is 18.5. The average molecular weight is 242 g/mol. The summed E-state index contributed by atoms with van der Waals surface area (Å²) in [5.41, 5.74) is -0.580. The maximum absolute atomic E-state index is 13.2. The van der Waals surface area contributed by atoms with Crippen LogP contribution in [0.1, 0.15) is 25.3 Å². The summed E-state index contributed by atoms with van der Waals surface area (Å²) in [6.45, 7) is 3.39. The minimum atomic E-state index is -1.06. The van der Waals surface area contributed by atoms with E-state index in [4.69, 9.17) is 5.11 Å². The molecule has 2 atom stereocenters. The summed E-state index contributed by atoms with van der Waals surface area (Å²) in [7, 11) is 0. The molecule has 0 heterocycles. The Balaban J connectivity index is 2.47. The molecule has 0 amide bonds. The summed E-state index contributed by atoms with van der Waals surface area (Å²) in [5.74, 6) is -4.86. The predicted molar refractivity (Wildman–Crippen MR) is 55.7 cm³/mol. The van der Waals surface area contributed by atoms with Crippen LogP contribution in [0.15, 0.2) is 12.1 Å². The van der Waals surface area contributed by atoms with Crippen molar-refractivity contribution in [2.24, 2.45) is 11.3 Å².